The lowest BCUT2D eigenvalue weighted by Crippen LogP contribution is -2.50. The summed E-state index contributed by atoms with van der Waals surface area (Å²) in [5, 5.41) is 9.29. The number of hydrogen-bond donors (Lipinski definition) is 3. The van der Waals surface area contributed by atoms with Crippen LogP contribution in [-0.2, 0) is 30.9 Å². The number of carbonyl (C=O) groups excluding carboxylic acids is 3. The molecule has 400 valence electrons. The molecule has 2 aromatic carbocycles. The van der Waals surface area contributed by atoms with Gasteiger partial charge in [0, 0.05) is 103 Å². The van der Waals surface area contributed by atoms with Crippen LogP contribution < -0.4 is 54.5 Å². The molecule has 2 fully saturated rings. The Balaban J connectivity index is 0.000000202. The fourth-order valence-electron chi connectivity index (χ4n) is 9.24. The van der Waals surface area contributed by atoms with E-state index in [2.05, 4.69) is 55.7 Å². The molecule has 22 heteroatoms. The maximum Gasteiger partial charge on any atom is 0.410 e. The van der Waals surface area contributed by atoms with Crippen molar-refractivity contribution in [2.45, 2.75) is 60.0 Å². The second-order valence-electron chi connectivity index (χ2n) is 19.0. The lowest BCUT2D eigenvalue weighted by Gasteiger charge is -2.37. The van der Waals surface area contributed by atoms with Crippen LogP contribution in [0, 0.1) is 0 Å². The average molecular weight is 1040 g/mol. The molecule has 22 nitrogen and oxygen atoms in total. The highest BCUT2D eigenvalue weighted by Gasteiger charge is 2.29. The van der Waals surface area contributed by atoms with E-state index in [1.165, 1.54) is 0 Å². The minimum Gasteiger partial charge on any atom is -0.493 e. The van der Waals surface area contributed by atoms with Crippen molar-refractivity contribution >= 4 is 52.6 Å². The molecule has 4 aliphatic heterocycles. The van der Waals surface area contributed by atoms with Gasteiger partial charge in [-0.05, 0) is 91.6 Å². The molecule has 3 amide bonds. The van der Waals surface area contributed by atoms with Crippen molar-refractivity contribution in [3.63, 3.8) is 0 Å². The van der Waals surface area contributed by atoms with Crippen molar-refractivity contribution in [1.29, 1.82) is 0 Å². The Kier molecular flexibility index (Phi) is 16.8. The van der Waals surface area contributed by atoms with Gasteiger partial charge in [0.1, 0.15) is 17.0 Å². The summed E-state index contributed by atoms with van der Waals surface area (Å²) in [4.78, 5) is 75.3. The monoisotopic (exact) mass is 1040 g/mol. The number of rotatable bonds is 12. The molecule has 3 N–H and O–H groups in total. The number of ether oxygens (including phenoxy) is 5. The predicted molar refractivity (Wildman–Crippen MR) is 289 cm³/mol. The van der Waals surface area contributed by atoms with Crippen LogP contribution in [0.15, 0.2) is 85.7 Å². The molecule has 6 aromatic rings. The Labute approximate surface area is 442 Å². The third-order valence-corrected chi connectivity index (χ3v) is 13.0. The molecule has 0 atom stereocenters. The van der Waals surface area contributed by atoms with Gasteiger partial charge in [0.2, 0.25) is 11.9 Å². The Morgan fingerprint density at radius 1 is 0.539 bits per heavy atom. The first-order chi connectivity index (χ1) is 36.3. The molecule has 0 bridgehead atoms. The topological polar surface area (TPSA) is 227 Å². The fourth-order valence-corrected chi connectivity index (χ4v) is 9.24. The van der Waals surface area contributed by atoms with Crippen LogP contribution in [0.3, 0.4) is 0 Å². The first-order valence-corrected chi connectivity index (χ1v) is 24.6. The summed E-state index contributed by atoms with van der Waals surface area (Å²) >= 11 is 0. The van der Waals surface area contributed by atoms with Crippen LogP contribution in [0.4, 0.5) is 39.4 Å². The number of nitrogens with one attached hydrogen (secondary N) is 3. The molecular formula is C54H66N14O8. The molecule has 10 rings (SSSR count). The van der Waals surface area contributed by atoms with E-state index < -0.39 is 5.60 Å². The maximum absolute atomic E-state index is 13.3. The van der Waals surface area contributed by atoms with Gasteiger partial charge in [0.05, 0.1) is 63.6 Å². The number of carbonyl (C=O) groups is 3. The number of aromatic nitrogens is 6. The van der Waals surface area contributed by atoms with E-state index in [0.29, 0.717) is 104 Å². The lowest BCUT2D eigenvalue weighted by atomic mass is 10.1. The molecule has 0 saturated carbocycles. The number of pyridine rings is 2. The Morgan fingerprint density at radius 2 is 0.934 bits per heavy atom. The van der Waals surface area contributed by atoms with Crippen LogP contribution in [0.25, 0.3) is 0 Å². The Morgan fingerprint density at radius 3 is 1.32 bits per heavy atom. The van der Waals surface area contributed by atoms with Crippen LogP contribution in [-0.4, -0.2) is 139 Å². The smallest absolute Gasteiger partial charge is 0.410 e. The van der Waals surface area contributed by atoms with Gasteiger partial charge >= 0.3 is 6.09 Å². The second-order valence-corrected chi connectivity index (χ2v) is 19.0. The SMILES string of the molecule is C.COc1cc2c(cc1OC)CN(c1nccc(C(=O)Nc3cnccc3N3CCN(C(=O)OC(C)(C)C)CC3)n1)C2.COc1cc2c(cc1OC)CN(c1nccc(C(=O)Nc3cnccc3N3CCNCC3)n1)C2. The van der Waals surface area contributed by atoms with Gasteiger partial charge in [0.25, 0.3) is 11.8 Å². The number of methoxy groups -OCH3 is 4. The van der Waals surface area contributed by atoms with Crippen molar-refractivity contribution in [3.8, 4) is 23.0 Å². The molecule has 76 heavy (non-hydrogen) atoms. The predicted octanol–water partition coefficient (Wildman–Crippen LogP) is 6.43. The fraction of sp³-hybridized carbons (Fsp3) is 0.389. The number of hydrogen-bond acceptors (Lipinski definition) is 19. The summed E-state index contributed by atoms with van der Waals surface area (Å²) in [7, 11) is 6.47. The van der Waals surface area contributed by atoms with E-state index in [-0.39, 0.29) is 31.0 Å². The summed E-state index contributed by atoms with van der Waals surface area (Å²) in [5.74, 6) is 3.00. The third-order valence-electron chi connectivity index (χ3n) is 13.0. The van der Waals surface area contributed by atoms with Gasteiger partial charge in [-0.1, -0.05) is 7.43 Å². The van der Waals surface area contributed by atoms with Crippen molar-refractivity contribution in [1.82, 2.24) is 40.1 Å². The standard InChI is InChI=1S/C29H35N7O5.C24H27N7O3.CH4/c1-29(2,3)41-28(38)35-12-10-34(11-13-35)23-7-8-30-16-22(23)32-26(37)21-6-9-31-27(33-21)36-17-19-14-24(39-4)25(40-5)15-20(19)18-36;1-33-21-11-16-14-31(15-17(16)12-22(21)34-2)24-27-6-3-18(29-24)23(32)28-19-13-26-5-4-20(19)30-9-7-25-8-10-30;/h6-9,14-16H,10-13,17-18H2,1-5H3,(H,32,37);3-6,11-13,25H,7-10,14-15H2,1-2H3,(H,28,32);1H4. The number of fused-ring (bicyclic) bond motifs is 2. The van der Waals surface area contributed by atoms with Gasteiger partial charge in [-0.25, -0.2) is 24.7 Å². The van der Waals surface area contributed by atoms with Crippen LogP contribution in [0.5, 0.6) is 23.0 Å². The number of anilines is 6. The van der Waals surface area contributed by atoms with E-state index >= 15 is 0 Å². The van der Waals surface area contributed by atoms with E-state index in [1.807, 2.05) is 67.0 Å². The first-order valence-electron chi connectivity index (χ1n) is 24.6. The molecule has 2 saturated heterocycles. The van der Waals surface area contributed by atoms with Crippen molar-refractivity contribution in [2.24, 2.45) is 0 Å². The highest BCUT2D eigenvalue weighted by atomic mass is 16.6. The number of nitrogens with zero attached hydrogens (tertiary/aromatic N) is 11. The number of amides is 3. The summed E-state index contributed by atoms with van der Waals surface area (Å²) in [6.07, 6.45) is 9.60. The molecule has 0 spiro atoms. The minimum absolute atomic E-state index is 0. The summed E-state index contributed by atoms with van der Waals surface area (Å²) in [6.45, 7) is 13.7. The second kappa shape index (κ2) is 23.8. The van der Waals surface area contributed by atoms with Gasteiger partial charge < -0.3 is 64.1 Å². The lowest BCUT2D eigenvalue weighted by molar-refractivity contribution is 0.0240. The molecule has 4 aromatic heterocycles. The van der Waals surface area contributed by atoms with Crippen molar-refractivity contribution < 1.29 is 38.1 Å². The number of piperazine rings is 2. The van der Waals surface area contributed by atoms with Crippen molar-refractivity contribution in [3.05, 3.63) is 119 Å². The van der Waals surface area contributed by atoms with Crippen molar-refractivity contribution in [2.75, 3.05) is 111 Å². The Bertz CT molecular complexity index is 2970. The zero-order valence-corrected chi connectivity index (χ0v) is 43.3. The number of benzene rings is 2. The van der Waals surface area contributed by atoms with Crippen LogP contribution in [0.1, 0.15) is 71.4 Å². The normalized spacial score (nSPS) is 14.8. The molecule has 4 aliphatic rings. The third kappa shape index (κ3) is 12.3. The van der Waals surface area contributed by atoms with Gasteiger partial charge in [-0.15, -0.1) is 0 Å². The maximum atomic E-state index is 13.3. The molecule has 0 unspecified atom stereocenters. The van der Waals surface area contributed by atoms with E-state index in [4.69, 9.17) is 23.7 Å². The Hall–Kier alpha value is -8.53. The van der Waals surface area contributed by atoms with Gasteiger partial charge in [-0.2, -0.15) is 0 Å². The minimum atomic E-state index is -0.544. The molecular weight excluding hydrogens is 973 g/mol. The zero-order valence-electron chi connectivity index (χ0n) is 43.3. The van der Waals surface area contributed by atoms with Crippen LogP contribution >= 0.6 is 0 Å². The summed E-state index contributed by atoms with van der Waals surface area (Å²) < 4.78 is 27.2. The van der Waals surface area contributed by atoms with E-state index in [9.17, 15) is 14.4 Å². The van der Waals surface area contributed by atoms with Crippen LogP contribution in [0.2, 0.25) is 0 Å². The first kappa shape index (κ1) is 53.8. The highest BCUT2D eigenvalue weighted by Crippen LogP contribution is 2.38. The molecule has 0 radical (unpaired) electrons. The zero-order chi connectivity index (χ0) is 52.6. The molecule has 0 aliphatic carbocycles. The van der Waals surface area contributed by atoms with E-state index in [0.717, 1.165) is 59.8 Å². The molecule has 8 heterocycles. The quantitative estimate of drug-likeness (QED) is 0.120. The average Bonchev–Trinajstić information content (AvgIpc) is 4.08. The van der Waals surface area contributed by atoms with Gasteiger partial charge in [0.15, 0.2) is 23.0 Å². The van der Waals surface area contributed by atoms with Gasteiger partial charge in [-0.3, -0.25) is 19.6 Å². The summed E-state index contributed by atoms with van der Waals surface area (Å²) in [5.41, 5.74) is 7.43. The van der Waals surface area contributed by atoms with E-state index in [1.54, 1.807) is 82.7 Å². The largest absolute Gasteiger partial charge is 0.493 e. The highest BCUT2D eigenvalue weighted by molar-refractivity contribution is 6.05. The summed E-state index contributed by atoms with van der Waals surface area (Å²) in [6, 6.07) is 14.9.